The lowest BCUT2D eigenvalue weighted by molar-refractivity contribution is -0.139. The number of halogens is 3. The van der Waals surface area contributed by atoms with Gasteiger partial charge in [-0.2, -0.15) is 13.2 Å². The van der Waals surface area contributed by atoms with Gasteiger partial charge in [0.05, 0.1) is 6.42 Å². The van der Waals surface area contributed by atoms with E-state index in [4.69, 9.17) is 0 Å². The first-order chi connectivity index (χ1) is 10.9. The third kappa shape index (κ3) is 5.17. The van der Waals surface area contributed by atoms with Gasteiger partial charge in [-0.15, -0.1) is 0 Å². The number of hydrogen-bond donors (Lipinski definition) is 0. The molecule has 0 heterocycles. The van der Waals surface area contributed by atoms with Gasteiger partial charge in [0.1, 0.15) is 17.1 Å². The van der Waals surface area contributed by atoms with E-state index < -0.39 is 34.1 Å². The number of rotatable bonds is 6. The Hall–Kier alpha value is -1.15. The van der Waals surface area contributed by atoms with Crippen LogP contribution in [-0.4, -0.2) is 20.6 Å². The molecule has 0 aromatic heterocycles. The lowest BCUT2D eigenvalue weighted by Gasteiger charge is -2.16. The SMILES string of the molecule is [O-][S+](C[CH]C[S+]([O-])c1ccccc1C(F)(F)F)c1ccccc1. The molecule has 2 atom stereocenters. The van der Waals surface area contributed by atoms with Gasteiger partial charge in [0.15, 0.2) is 9.79 Å². The molecular weight excluding hydrogens is 345 g/mol. The Bertz CT molecular complexity index is 620. The topological polar surface area (TPSA) is 46.1 Å². The van der Waals surface area contributed by atoms with Crippen molar-refractivity contribution in [3.05, 3.63) is 66.6 Å². The first-order valence-electron chi connectivity index (χ1n) is 6.69. The molecule has 0 N–H and O–H groups in total. The lowest BCUT2D eigenvalue weighted by atomic mass is 10.2. The molecule has 7 heteroatoms. The molecule has 0 saturated carbocycles. The molecule has 0 amide bonds. The zero-order chi connectivity index (χ0) is 16.9. The van der Waals surface area contributed by atoms with Crippen molar-refractivity contribution in [1.29, 1.82) is 0 Å². The maximum Gasteiger partial charge on any atom is 0.421 e. The molecule has 0 spiro atoms. The second-order valence-corrected chi connectivity index (χ2v) is 7.58. The molecular formula is C16H14F3O2S2. The highest BCUT2D eigenvalue weighted by atomic mass is 32.2. The normalized spacial score (nSPS) is 14.5. The van der Waals surface area contributed by atoms with Crippen LogP contribution in [0.5, 0.6) is 0 Å². The first-order valence-corrected chi connectivity index (χ1v) is 9.33. The molecule has 2 rings (SSSR count). The molecule has 23 heavy (non-hydrogen) atoms. The van der Waals surface area contributed by atoms with Crippen molar-refractivity contribution in [2.24, 2.45) is 0 Å². The van der Waals surface area contributed by atoms with Crippen LogP contribution in [0.15, 0.2) is 64.4 Å². The summed E-state index contributed by atoms with van der Waals surface area (Å²) in [5, 5.41) is 0. The highest BCUT2D eigenvalue weighted by Crippen LogP contribution is 2.34. The van der Waals surface area contributed by atoms with Crippen LogP contribution in [0.25, 0.3) is 0 Å². The quantitative estimate of drug-likeness (QED) is 0.736. The Morgan fingerprint density at radius 1 is 0.826 bits per heavy atom. The van der Waals surface area contributed by atoms with Crippen molar-refractivity contribution in [2.75, 3.05) is 11.5 Å². The summed E-state index contributed by atoms with van der Waals surface area (Å²) in [5.41, 5.74) is -0.893. The van der Waals surface area contributed by atoms with Crippen molar-refractivity contribution in [3.8, 4) is 0 Å². The Balaban J connectivity index is 1.94. The van der Waals surface area contributed by atoms with Gasteiger partial charge in [-0.05, 0) is 46.6 Å². The van der Waals surface area contributed by atoms with Crippen molar-refractivity contribution >= 4 is 22.4 Å². The zero-order valence-corrected chi connectivity index (χ0v) is 13.6. The molecule has 2 unspecified atom stereocenters. The van der Waals surface area contributed by atoms with E-state index in [1.807, 2.05) is 0 Å². The summed E-state index contributed by atoms with van der Waals surface area (Å²) in [7, 11) is 0. The fourth-order valence-electron chi connectivity index (χ4n) is 1.92. The van der Waals surface area contributed by atoms with Crippen molar-refractivity contribution in [1.82, 2.24) is 0 Å². The zero-order valence-electron chi connectivity index (χ0n) is 12.0. The molecule has 0 saturated heterocycles. The molecule has 1 radical (unpaired) electrons. The maximum absolute atomic E-state index is 12.9. The Morgan fingerprint density at radius 3 is 2.04 bits per heavy atom. The molecule has 0 fully saturated rings. The summed E-state index contributed by atoms with van der Waals surface area (Å²) >= 11 is -3.12. The predicted molar refractivity (Wildman–Crippen MR) is 84.7 cm³/mol. The van der Waals surface area contributed by atoms with Gasteiger partial charge < -0.3 is 9.11 Å². The van der Waals surface area contributed by atoms with Gasteiger partial charge in [0.25, 0.3) is 0 Å². The van der Waals surface area contributed by atoms with Crippen LogP contribution < -0.4 is 0 Å². The van der Waals surface area contributed by atoms with Gasteiger partial charge in [-0.1, -0.05) is 30.3 Å². The van der Waals surface area contributed by atoms with Crippen LogP contribution in [-0.2, 0) is 28.5 Å². The Labute approximate surface area is 139 Å². The highest BCUT2D eigenvalue weighted by Gasteiger charge is 2.37. The third-order valence-corrected chi connectivity index (χ3v) is 5.70. The minimum Gasteiger partial charge on any atom is -0.611 e. The molecule has 2 aromatic rings. The molecule has 0 bridgehead atoms. The standard InChI is InChI=1S/C16H14F3O2S2/c17-16(18,19)14-9-4-5-10-15(14)23(21)12-6-11-22(20)13-7-2-1-3-8-13/h1-10H,11-12H2. The Morgan fingerprint density at radius 2 is 1.39 bits per heavy atom. The van der Waals surface area contributed by atoms with E-state index >= 15 is 0 Å². The summed E-state index contributed by atoms with van der Waals surface area (Å²) in [6.07, 6.45) is -3.04. The third-order valence-electron chi connectivity index (χ3n) is 2.98. The molecule has 0 aliphatic rings. The smallest absolute Gasteiger partial charge is 0.421 e. The monoisotopic (exact) mass is 359 g/mol. The van der Waals surface area contributed by atoms with Crippen LogP contribution >= 0.6 is 0 Å². The van der Waals surface area contributed by atoms with Crippen LogP contribution in [0.2, 0.25) is 0 Å². The van der Waals surface area contributed by atoms with Gasteiger partial charge in [0, 0.05) is 0 Å². The first kappa shape index (κ1) is 18.2. The highest BCUT2D eigenvalue weighted by molar-refractivity contribution is 7.92. The average Bonchev–Trinajstić information content (AvgIpc) is 2.54. The summed E-state index contributed by atoms with van der Waals surface area (Å²) in [4.78, 5) is 0.381. The minimum absolute atomic E-state index is 0.0777. The van der Waals surface area contributed by atoms with E-state index in [2.05, 4.69) is 0 Å². The second-order valence-electron chi connectivity index (χ2n) is 4.62. The predicted octanol–water partition coefficient (Wildman–Crippen LogP) is 3.83. The van der Waals surface area contributed by atoms with E-state index in [-0.39, 0.29) is 16.4 Å². The average molecular weight is 359 g/mol. The number of hydrogen-bond acceptors (Lipinski definition) is 2. The van der Waals surface area contributed by atoms with Crippen LogP contribution in [0.4, 0.5) is 13.2 Å². The van der Waals surface area contributed by atoms with Gasteiger partial charge in [-0.25, -0.2) is 0 Å². The van der Waals surface area contributed by atoms with Crippen LogP contribution in [0, 0.1) is 6.42 Å². The van der Waals surface area contributed by atoms with Crippen LogP contribution in [0.1, 0.15) is 5.56 Å². The molecule has 2 aromatic carbocycles. The fraction of sp³-hybridized carbons (Fsp3) is 0.188. The minimum atomic E-state index is -4.54. The summed E-state index contributed by atoms with van der Waals surface area (Å²) in [5.74, 6) is 0.0651. The second kappa shape index (κ2) is 8.10. The van der Waals surface area contributed by atoms with Gasteiger partial charge >= 0.3 is 6.18 Å². The van der Waals surface area contributed by atoms with E-state index in [1.165, 1.54) is 24.6 Å². The summed E-state index contributed by atoms with van der Waals surface area (Å²) < 4.78 is 62.8. The van der Waals surface area contributed by atoms with Gasteiger partial charge in [-0.3, -0.25) is 0 Å². The largest absolute Gasteiger partial charge is 0.611 e. The maximum atomic E-state index is 12.9. The molecule has 123 valence electrons. The molecule has 0 aliphatic heterocycles. The molecule has 0 aliphatic carbocycles. The number of benzene rings is 2. The molecule has 2 nitrogen and oxygen atoms in total. The van der Waals surface area contributed by atoms with E-state index in [0.29, 0.717) is 4.90 Å². The summed E-state index contributed by atoms with van der Waals surface area (Å²) in [6, 6.07) is 13.5. The number of alkyl halides is 3. The summed E-state index contributed by atoms with van der Waals surface area (Å²) in [6.45, 7) is 0. The van der Waals surface area contributed by atoms with Crippen molar-refractivity contribution < 1.29 is 22.3 Å². The van der Waals surface area contributed by atoms with Crippen molar-refractivity contribution in [2.45, 2.75) is 16.0 Å². The van der Waals surface area contributed by atoms with E-state index in [1.54, 1.807) is 30.3 Å². The van der Waals surface area contributed by atoms with Gasteiger partial charge in [0.2, 0.25) is 0 Å². The van der Waals surface area contributed by atoms with Crippen LogP contribution in [0.3, 0.4) is 0 Å². The van der Waals surface area contributed by atoms with E-state index in [9.17, 15) is 22.3 Å². The van der Waals surface area contributed by atoms with Crippen molar-refractivity contribution in [3.63, 3.8) is 0 Å². The van der Waals surface area contributed by atoms with E-state index in [0.717, 1.165) is 6.07 Å². The fourth-order valence-corrected chi connectivity index (χ4v) is 4.22. The lowest BCUT2D eigenvalue weighted by Crippen LogP contribution is -2.18. The Kier molecular flexibility index (Phi) is 6.41.